The van der Waals surface area contributed by atoms with E-state index in [0.717, 1.165) is 29.7 Å². The Bertz CT molecular complexity index is 1380. The normalized spacial score (nSPS) is 15.0. The number of aldehydes is 1. The van der Waals surface area contributed by atoms with Gasteiger partial charge in [0.15, 0.2) is 18.7 Å². The molecule has 1 unspecified atom stereocenters. The predicted molar refractivity (Wildman–Crippen MR) is 137 cm³/mol. The number of hydrogen-bond acceptors (Lipinski definition) is 7. The number of amides is 1. The van der Waals surface area contributed by atoms with E-state index >= 15 is 0 Å². The number of carbonyl (C=O) groups excluding carboxylic acids is 3. The number of esters is 1. The standard InChI is InChI=1S/C27H25ClN2O5S/c1-27(2,3)16-5-7-18-20(12-29)25(36-23(18)11-16)30-24(32)14-34-26(33)19-10-15(4-8-21(19)28)22-9-6-17(13-31)35-22/h4,6,8-10,13,16H,5,7,11,14H2,1-3H3,(H,30,32). The van der Waals surface area contributed by atoms with Crippen LogP contribution >= 0.6 is 22.9 Å². The third-order valence-corrected chi connectivity index (χ3v) is 7.90. The van der Waals surface area contributed by atoms with Crippen LogP contribution in [0.25, 0.3) is 11.3 Å². The SMILES string of the molecule is CC(C)(C)C1CCc2c(sc(NC(=O)COC(=O)c3cc(-c4ccc(C=O)o4)ccc3Cl)c2C#N)C1. The molecule has 36 heavy (non-hydrogen) atoms. The van der Waals surface area contributed by atoms with Crippen LogP contribution in [0.1, 0.15) is 64.1 Å². The van der Waals surface area contributed by atoms with Gasteiger partial charge in [0, 0.05) is 10.4 Å². The van der Waals surface area contributed by atoms with Crippen molar-refractivity contribution < 1.29 is 23.5 Å². The van der Waals surface area contributed by atoms with Crippen LogP contribution in [0.2, 0.25) is 5.02 Å². The summed E-state index contributed by atoms with van der Waals surface area (Å²) in [5, 5.41) is 13.1. The van der Waals surface area contributed by atoms with Crippen molar-refractivity contribution in [1.82, 2.24) is 0 Å². The minimum Gasteiger partial charge on any atom is -0.453 e. The Morgan fingerprint density at radius 2 is 2.08 bits per heavy atom. The third kappa shape index (κ3) is 5.38. The van der Waals surface area contributed by atoms with Gasteiger partial charge in [-0.25, -0.2) is 4.79 Å². The highest BCUT2D eigenvalue weighted by molar-refractivity contribution is 7.16. The first-order valence-corrected chi connectivity index (χ1v) is 12.7. The van der Waals surface area contributed by atoms with Crippen LogP contribution in [0.5, 0.6) is 0 Å². The van der Waals surface area contributed by atoms with Crippen molar-refractivity contribution in [3.05, 3.63) is 62.7 Å². The zero-order chi connectivity index (χ0) is 26.0. The maximum Gasteiger partial charge on any atom is 0.340 e. The second kappa shape index (κ2) is 10.3. The van der Waals surface area contributed by atoms with Gasteiger partial charge >= 0.3 is 5.97 Å². The molecular weight excluding hydrogens is 500 g/mol. The topological polar surface area (TPSA) is 109 Å². The van der Waals surface area contributed by atoms with Gasteiger partial charge in [0.05, 0.1) is 16.1 Å². The molecule has 1 N–H and O–H groups in total. The van der Waals surface area contributed by atoms with Gasteiger partial charge in [-0.15, -0.1) is 11.3 Å². The van der Waals surface area contributed by atoms with Gasteiger partial charge in [-0.05, 0) is 66.5 Å². The zero-order valence-electron chi connectivity index (χ0n) is 20.1. The molecule has 2 aromatic heterocycles. The van der Waals surface area contributed by atoms with Crippen molar-refractivity contribution in [3.63, 3.8) is 0 Å². The van der Waals surface area contributed by atoms with E-state index in [4.69, 9.17) is 20.8 Å². The Morgan fingerprint density at radius 1 is 1.31 bits per heavy atom. The molecule has 0 radical (unpaired) electrons. The molecule has 0 bridgehead atoms. The van der Waals surface area contributed by atoms with Crippen molar-refractivity contribution in [2.45, 2.75) is 40.0 Å². The molecule has 0 fully saturated rings. The lowest BCUT2D eigenvalue weighted by Gasteiger charge is -2.33. The number of hydrogen-bond donors (Lipinski definition) is 1. The molecule has 0 saturated heterocycles. The van der Waals surface area contributed by atoms with Crippen LogP contribution in [0, 0.1) is 22.7 Å². The van der Waals surface area contributed by atoms with Crippen LogP contribution in [-0.4, -0.2) is 24.8 Å². The molecule has 186 valence electrons. The number of nitrogens with one attached hydrogen (secondary N) is 1. The number of ether oxygens (including phenoxy) is 1. The van der Waals surface area contributed by atoms with Crippen molar-refractivity contribution in [3.8, 4) is 17.4 Å². The Hall–Kier alpha value is -3.41. The van der Waals surface area contributed by atoms with Gasteiger partial charge in [0.2, 0.25) is 0 Å². The van der Waals surface area contributed by atoms with Crippen molar-refractivity contribution in [2.75, 3.05) is 11.9 Å². The second-order valence-electron chi connectivity index (χ2n) is 9.76. The Balaban J connectivity index is 1.43. The molecule has 1 aromatic carbocycles. The van der Waals surface area contributed by atoms with Gasteiger partial charge in [-0.3, -0.25) is 9.59 Å². The number of nitriles is 1. The van der Waals surface area contributed by atoms with Crippen molar-refractivity contribution >= 4 is 46.1 Å². The third-order valence-electron chi connectivity index (χ3n) is 6.40. The van der Waals surface area contributed by atoms with Crippen LogP contribution in [0.4, 0.5) is 5.00 Å². The summed E-state index contributed by atoms with van der Waals surface area (Å²) in [4.78, 5) is 37.2. The lowest BCUT2D eigenvalue weighted by Crippen LogP contribution is -2.26. The molecule has 4 rings (SSSR count). The zero-order valence-corrected chi connectivity index (χ0v) is 21.7. The molecule has 1 amide bonds. The number of fused-ring (bicyclic) bond motifs is 1. The van der Waals surface area contributed by atoms with Gasteiger partial charge in [0.1, 0.15) is 16.8 Å². The molecule has 0 saturated carbocycles. The van der Waals surface area contributed by atoms with Gasteiger partial charge < -0.3 is 14.5 Å². The van der Waals surface area contributed by atoms with E-state index in [9.17, 15) is 19.6 Å². The fraction of sp³-hybridized carbons (Fsp3) is 0.333. The largest absolute Gasteiger partial charge is 0.453 e. The fourth-order valence-corrected chi connectivity index (χ4v) is 5.80. The van der Waals surface area contributed by atoms with Crippen LogP contribution in [0.15, 0.2) is 34.7 Å². The van der Waals surface area contributed by atoms with Crippen LogP contribution in [-0.2, 0) is 22.4 Å². The molecule has 2 heterocycles. The van der Waals surface area contributed by atoms with Crippen LogP contribution < -0.4 is 5.32 Å². The smallest absolute Gasteiger partial charge is 0.340 e. The number of thiophene rings is 1. The average Bonchev–Trinajstić information content (AvgIpc) is 3.46. The van der Waals surface area contributed by atoms with Crippen molar-refractivity contribution in [2.24, 2.45) is 11.3 Å². The van der Waals surface area contributed by atoms with E-state index in [2.05, 4.69) is 32.2 Å². The molecule has 1 aliphatic rings. The maximum absolute atomic E-state index is 12.7. The first-order chi connectivity index (χ1) is 17.1. The Morgan fingerprint density at radius 3 is 2.75 bits per heavy atom. The number of carbonyl (C=O) groups is 3. The summed E-state index contributed by atoms with van der Waals surface area (Å²) in [6, 6.07) is 9.98. The van der Waals surface area contributed by atoms with Gasteiger partial charge in [0.25, 0.3) is 5.91 Å². The first-order valence-electron chi connectivity index (χ1n) is 11.5. The van der Waals surface area contributed by atoms with Gasteiger partial charge in [-0.2, -0.15) is 5.26 Å². The summed E-state index contributed by atoms with van der Waals surface area (Å²) in [7, 11) is 0. The molecule has 7 nitrogen and oxygen atoms in total. The summed E-state index contributed by atoms with van der Waals surface area (Å²) in [5.41, 5.74) is 2.25. The number of nitrogens with zero attached hydrogens (tertiary/aromatic N) is 1. The summed E-state index contributed by atoms with van der Waals surface area (Å²) in [5.74, 6) is -0.272. The highest BCUT2D eigenvalue weighted by Gasteiger charge is 2.32. The molecule has 1 aliphatic carbocycles. The monoisotopic (exact) mass is 524 g/mol. The number of anilines is 1. The Labute approximate surface area is 218 Å². The second-order valence-corrected chi connectivity index (χ2v) is 11.3. The summed E-state index contributed by atoms with van der Waals surface area (Å²) in [6.07, 6.45) is 3.27. The molecule has 0 spiro atoms. The lowest BCUT2D eigenvalue weighted by molar-refractivity contribution is -0.119. The molecular formula is C27H25ClN2O5S. The molecule has 1 atom stereocenters. The molecule has 9 heteroatoms. The van der Waals surface area contributed by atoms with E-state index in [1.54, 1.807) is 12.1 Å². The minimum atomic E-state index is -0.779. The summed E-state index contributed by atoms with van der Waals surface area (Å²) >= 11 is 7.59. The quantitative estimate of drug-likeness (QED) is 0.299. The first kappa shape index (κ1) is 25.7. The molecule has 3 aromatic rings. The summed E-state index contributed by atoms with van der Waals surface area (Å²) < 4.78 is 10.6. The fourth-order valence-electron chi connectivity index (χ4n) is 4.31. The minimum absolute atomic E-state index is 0.0588. The maximum atomic E-state index is 12.7. The average molecular weight is 525 g/mol. The number of halogens is 1. The number of rotatable bonds is 6. The van der Waals surface area contributed by atoms with E-state index in [1.807, 2.05) is 0 Å². The number of benzene rings is 1. The summed E-state index contributed by atoms with van der Waals surface area (Å²) in [6.45, 7) is 6.13. The van der Waals surface area contributed by atoms with E-state index in [0.29, 0.717) is 34.1 Å². The van der Waals surface area contributed by atoms with Gasteiger partial charge in [-0.1, -0.05) is 32.4 Å². The highest BCUT2D eigenvalue weighted by Crippen LogP contribution is 2.44. The Kier molecular flexibility index (Phi) is 7.34. The van der Waals surface area contributed by atoms with E-state index < -0.39 is 18.5 Å². The highest BCUT2D eigenvalue weighted by atomic mass is 35.5. The van der Waals surface area contributed by atoms with Crippen molar-refractivity contribution in [1.29, 1.82) is 5.26 Å². The number of furan rings is 1. The van der Waals surface area contributed by atoms with E-state index in [1.165, 1.54) is 29.5 Å². The van der Waals surface area contributed by atoms with E-state index in [-0.39, 0.29) is 21.8 Å². The predicted octanol–water partition coefficient (Wildman–Crippen LogP) is 6.29. The molecule has 0 aliphatic heterocycles. The van der Waals surface area contributed by atoms with Crippen LogP contribution in [0.3, 0.4) is 0 Å². The lowest BCUT2D eigenvalue weighted by atomic mass is 9.72.